The molecule has 0 spiro atoms. The zero-order valence-electron chi connectivity index (χ0n) is 11.3. The molecule has 0 unspecified atom stereocenters. The molecule has 1 amide bonds. The zero-order chi connectivity index (χ0) is 13.9. The minimum Gasteiger partial charge on any atom is -0.359 e. The molecule has 0 aromatic carbocycles. The van der Waals surface area contributed by atoms with Crippen molar-refractivity contribution >= 4 is 22.4 Å². The number of amides is 1. The summed E-state index contributed by atoms with van der Waals surface area (Å²) in [6, 6.07) is 3.92. The maximum atomic E-state index is 11.8. The maximum absolute atomic E-state index is 11.8. The molecule has 0 radical (unpaired) electrons. The van der Waals surface area contributed by atoms with Crippen LogP contribution < -0.4 is 10.2 Å². The van der Waals surface area contributed by atoms with E-state index < -0.39 is 0 Å². The molecule has 1 saturated heterocycles. The van der Waals surface area contributed by atoms with Gasteiger partial charge in [-0.25, -0.2) is 0 Å². The lowest BCUT2D eigenvalue weighted by molar-refractivity contribution is -0.124. The predicted molar refractivity (Wildman–Crippen MR) is 78.2 cm³/mol. The highest BCUT2D eigenvalue weighted by Crippen LogP contribution is 2.27. The fourth-order valence-electron chi connectivity index (χ4n) is 2.47. The van der Waals surface area contributed by atoms with E-state index in [1.807, 2.05) is 29.1 Å². The van der Waals surface area contributed by atoms with E-state index in [-0.39, 0.29) is 11.8 Å². The minimum absolute atomic E-state index is 0.0488. The number of carbonyl (C=O) groups excluding carboxylic acids is 1. The van der Waals surface area contributed by atoms with Crippen molar-refractivity contribution in [2.24, 2.45) is 5.92 Å². The van der Waals surface area contributed by atoms with Gasteiger partial charge in [0.05, 0.1) is 5.92 Å². The SMILES string of the molecule is CNC(=O)[C@H]1CCCN(c2nnc(-n3cccc3)s2)C1. The van der Waals surface area contributed by atoms with Crippen LogP contribution in [-0.2, 0) is 4.79 Å². The van der Waals surface area contributed by atoms with Crippen molar-refractivity contribution < 1.29 is 4.79 Å². The van der Waals surface area contributed by atoms with Gasteiger partial charge in [-0.2, -0.15) is 0 Å². The first-order chi connectivity index (χ1) is 9.78. The topological polar surface area (TPSA) is 63.1 Å². The van der Waals surface area contributed by atoms with Gasteiger partial charge in [0, 0.05) is 32.5 Å². The van der Waals surface area contributed by atoms with E-state index in [0.29, 0.717) is 0 Å². The van der Waals surface area contributed by atoms with Gasteiger partial charge < -0.3 is 10.2 Å². The van der Waals surface area contributed by atoms with Gasteiger partial charge in [-0.05, 0) is 25.0 Å². The van der Waals surface area contributed by atoms with Crippen molar-refractivity contribution in [1.82, 2.24) is 20.1 Å². The summed E-state index contributed by atoms with van der Waals surface area (Å²) in [5.74, 6) is 0.164. The third-order valence-corrected chi connectivity index (χ3v) is 4.54. The minimum atomic E-state index is 0.0488. The summed E-state index contributed by atoms with van der Waals surface area (Å²) in [4.78, 5) is 13.9. The van der Waals surface area contributed by atoms with Gasteiger partial charge in [-0.3, -0.25) is 9.36 Å². The molecule has 1 aliphatic heterocycles. The van der Waals surface area contributed by atoms with Crippen LogP contribution in [0, 0.1) is 5.92 Å². The lowest BCUT2D eigenvalue weighted by atomic mass is 9.98. The molecule has 1 atom stereocenters. The van der Waals surface area contributed by atoms with Crippen molar-refractivity contribution in [3.8, 4) is 5.13 Å². The second kappa shape index (κ2) is 5.62. The average molecular weight is 291 g/mol. The Morgan fingerprint density at radius 1 is 1.35 bits per heavy atom. The van der Waals surface area contributed by atoms with Crippen LogP contribution in [0.15, 0.2) is 24.5 Å². The third kappa shape index (κ3) is 2.53. The van der Waals surface area contributed by atoms with Crippen molar-refractivity contribution in [2.75, 3.05) is 25.0 Å². The van der Waals surface area contributed by atoms with E-state index >= 15 is 0 Å². The van der Waals surface area contributed by atoms with E-state index in [9.17, 15) is 4.79 Å². The first-order valence-corrected chi connectivity index (χ1v) is 7.53. The summed E-state index contributed by atoms with van der Waals surface area (Å²) in [7, 11) is 1.69. The number of carbonyl (C=O) groups is 1. The Kier molecular flexibility index (Phi) is 3.68. The van der Waals surface area contributed by atoms with Crippen LogP contribution in [0.1, 0.15) is 12.8 Å². The zero-order valence-corrected chi connectivity index (χ0v) is 12.1. The second-order valence-electron chi connectivity index (χ2n) is 4.86. The first kappa shape index (κ1) is 13.1. The van der Waals surface area contributed by atoms with Gasteiger partial charge >= 0.3 is 0 Å². The largest absolute Gasteiger partial charge is 0.359 e. The fourth-order valence-corrected chi connectivity index (χ4v) is 3.32. The number of hydrogen-bond acceptors (Lipinski definition) is 5. The van der Waals surface area contributed by atoms with E-state index in [0.717, 1.165) is 36.2 Å². The van der Waals surface area contributed by atoms with E-state index in [1.54, 1.807) is 18.4 Å². The highest BCUT2D eigenvalue weighted by atomic mass is 32.1. The quantitative estimate of drug-likeness (QED) is 0.925. The second-order valence-corrected chi connectivity index (χ2v) is 5.79. The monoisotopic (exact) mass is 291 g/mol. The Balaban J connectivity index is 1.74. The molecule has 1 N–H and O–H groups in total. The summed E-state index contributed by atoms with van der Waals surface area (Å²) in [5.41, 5.74) is 0. The molecule has 6 nitrogen and oxygen atoms in total. The number of piperidine rings is 1. The standard InChI is InChI=1S/C13H17N5OS/c1-14-11(19)10-5-4-8-18(9-10)13-16-15-12(20-13)17-6-2-3-7-17/h2-3,6-7,10H,4-5,8-9H2,1H3,(H,14,19)/t10-/m0/s1. The number of nitrogens with zero attached hydrogens (tertiary/aromatic N) is 4. The Hall–Kier alpha value is -1.89. The van der Waals surface area contributed by atoms with Gasteiger partial charge in [0.15, 0.2) is 0 Å². The van der Waals surface area contributed by atoms with Gasteiger partial charge in [0.2, 0.25) is 16.2 Å². The number of aromatic nitrogens is 3. The van der Waals surface area contributed by atoms with Crippen LogP contribution in [0.5, 0.6) is 0 Å². The Bertz CT molecular complexity index is 579. The van der Waals surface area contributed by atoms with E-state index in [4.69, 9.17) is 0 Å². The highest BCUT2D eigenvalue weighted by molar-refractivity contribution is 7.17. The fraction of sp³-hybridized carbons (Fsp3) is 0.462. The molecule has 0 aliphatic carbocycles. The normalized spacial score (nSPS) is 19.1. The summed E-state index contributed by atoms with van der Waals surface area (Å²) in [6.07, 6.45) is 5.86. The van der Waals surface area contributed by atoms with Crippen molar-refractivity contribution in [3.63, 3.8) is 0 Å². The highest BCUT2D eigenvalue weighted by Gasteiger charge is 2.27. The summed E-state index contributed by atoms with van der Waals surface area (Å²) < 4.78 is 1.95. The van der Waals surface area contributed by atoms with Crippen LogP contribution in [0.4, 0.5) is 5.13 Å². The van der Waals surface area contributed by atoms with Crippen LogP contribution in [0.3, 0.4) is 0 Å². The van der Waals surface area contributed by atoms with Gasteiger partial charge in [0.1, 0.15) is 0 Å². The Morgan fingerprint density at radius 3 is 2.85 bits per heavy atom. The molecule has 1 fully saturated rings. The molecule has 2 aromatic rings. The molecular weight excluding hydrogens is 274 g/mol. The molecule has 106 valence electrons. The van der Waals surface area contributed by atoms with Crippen LogP contribution in [-0.4, -0.2) is 40.8 Å². The lowest BCUT2D eigenvalue weighted by Crippen LogP contribution is -2.42. The predicted octanol–water partition coefficient (Wildman–Crippen LogP) is 1.29. The molecule has 7 heteroatoms. The molecule has 1 aliphatic rings. The number of rotatable bonds is 3. The maximum Gasteiger partial charge on any atom is 0.224 e. The summed E-state index contributed by atoms with van der Waals surface area (Å²) >= 11 is 1.55. The lowest BCUT2D eigenvalue weighted by Gasteiger charge is -2.31. The first-order valence-electron chi connectivity index (χ1n) is 6.71. The third-order valence-electron chi connectivity index (χ3n) is 3.54. The molecule has 3 rings (SSSR count). The molecule has 3 heterocycles. The van der Waals surface area contributed by atoms with Crippen LogP contribution in [0.2, 0.25) is 0 Å². The molecule has 0 bridgehead atoms. The summed E-state index contributed by atoms with van der Waals surface area (Å²) in [6.45, 7) is 1.66. The van der Waals surface area contributed by atoms with E-state index in [1.165, 1.54) is 0 Å². The summed E-state index contributed by atoms with van der Waals surface area (Å²) in [5, 5.41) is 12.9. The van der Waals surface area contributed by atoms with Crippen molar-refractivity contribution in [2.45, 2.75) is 12.8 Å². The number of nitrogens with one attached hydrogen (secondary N) is 1. The van der Waals surface area contributed by atoms with Crippen molar-refractivity contribution in [3.05, 3.63) is 24.5 Å². The Labute approximate surface area is 121 Å². The van der Waals surface area contributed by atoms with Crippen molar-refractivity contribution in [1.29, 1.82) is 0 Å². The smallest absolute Gasteiger partial charge is 0.224 e. The molecule has 2 aromatic heterocycles. The van der Waals surface area contributed by atoms with Gasteiger partial charge in [0.25, 0.3) is 0 Å². The van der Waals surface area contributed by atoms with Crippen LogP contribution >= 0.6 is 11.3 Å². The van der Waals surface area contributed by atoms with Crippen LogP contribution in [0.25, 0.3) is 5.13 Å². The number of hydrogen-bond donors (Lipinski definition) is 1. The number of anilines is 1. The molecule has 0 saturated carbocycles. The molecular formula is C13H17N5OS. The van der Waals surface area contributed by atoms with E-state index in [2.05, 4.69) is 20.4 Å². The Morgan fingerprint density at radius 2 is 2.10 bits per heavy atom. The van der Waals surface area contributed by atoms with Gasteiger partial charge in [-0.15, -0.1) is 10.2 Å². The average Bonchev–Trinajstić information content (AvgIpc) is 3.17. The van der Waals surface area contributed by atoms with Gasteiger partial charge in [-0.1, -0.05) is 11.3 Å². The molecule has 20 heavy (non-hydrogen) atoms.